The van der Waals surface area contributed by atoms with Gasteiger partial charge < -0.3 is 9.80 Å². The summed E-state index contributed by atoms with van der Waals surface area (Å²) in [6, 6.07) is 2.43. The summed E-state index contributed by atoms with van der Waals surface area (Å²) in [6.07, 6.45) is 10.0. The summed E-state index contributed by atoms with van der Waals surface area (Å²) in [6.45, 7) is 21.4. The van der Waals surface area contributed by atoms with Gasteiger partial charge in [-0.1, -0.05) is 13.8 Å². The van der Waals surface area contributed by atoms with E-state index in [1.165, 1.54) is 104 Å². The minimum absolute atomic E-state index is 0.706. The predicted molar refractivity (Wildman–Crippen MR) is 123 cm³/mol. The SMILES string of the molecule is CC(C)CC1(CN2CCC(N3CCN(C4CCN(C(C)C)CC4)CC3)CC2)CC1. The van der Waals surface area contributed by atoms with E-state index in [2.05, 4.69) is 47.3 Å². The molecule has 4 nitrogen and oxygen atoms in total. The zero-order valence-electron chi connectivity index (χ0n) is 19.9. The normalized spacial score (nSPS) is 29.2. The van der Waals surface area contributed by atoms with Crippen LogP contribution >= 0.6 is 0 Å². The van der Waals surface area contributed by atoms with Gasteiger partial charge in [-0.15, -0.1) is 0 Å². The Morgan fingerprint density at radius 1 is 0.690 bits per heavy atom. The van der Waals surface area contributed by atoms with Gasteiger partial charge in [-0.3, -0.25) is 9.80 Å². The average Bonchev–Trinajstić information content (AvgIpc) is 3.47. The topological polar surface area (TPSA) is 13.0 Å². The second-order valence-corrected chi connectivity index (χ2v) is 11.5. The summed E-state index contributed by atoms with van der Waals surface area (Å²) >= 11 is 0. The molecule has 0 bridgehead atoms. The number of piperazine rings is 1. The van der Waals surface area contributed by atoms with Crippen LogP contribution in [-0.4, -0.2) is 96.6 Å². The van der Waals surface area contributed by atoms with Crippen molar-refractivity contribution < 1.29 is 0 Å². The molecule has 0 aromatic rings. The molecule has 4 aliphatic rings. The maximum absolute atomic E-state index is 2.85. The van der Waals surface area contributed by atoms with Gasteiger partial charge in [0.1, 0.15) is 0 Å². The highest BCUT2D eigenvalue weighted by Crippen LogP contribution is 2.51. The van der Waals surface area contributed by atoms with Gasteiger partial charge >= 0.3 is 0 Å². The van der Waals surface area contributed by atoms with Crippen LogP contribution in [0.3, 0.4) is 0 Å². The van der Waals surface area contributed by atoms with Gasteiger partial charge in [0.15, 0.2) is 0 Å². The van der Waals surface area contributed by atoms with Gasteiger partial charge in [0.05, 0.1) is 0 Å². The zero-order chi connectivity index (χ0) is 20.4. The van der Waals surface area contributed by atoms with Crippen molar-refractivity contribution in [3.8, 4) is 0 Å². The highest BCUT2D eigenvalue weighted by molar-refractivity contribution is 4.97. The molecule has 0 spiro atoms. The average molecular weight is 405 g/mol. The van der Waals surface area contributed by atoms with E-state index in [0.717, 1.165) is 24.0 Å². The second-order valence-electron chi connectivity index (χ2n) is 11.5. The van der Waals surface area contributed by atoms with Crippen LogP contribution in [0.15, 0.2) is 0 Å². The van der Waals surface area contributed by atoms with Crippen molar-refractivity contribution in [2.75, 3.05) is 58.9 Å². The Hall–Kier alpha value is -0.160. The molecule has 29 heavy (non-hydrogen) atoms. The largest absolute Gasteiger partial charge is 0.303 e. The van der Waals surface area contributed by atoms with E-state index in [0.29, 0.717) is 5.41 Å². The molecule has 4 rings (SSSR count). The maximum atomic E-state index is 2.85. The number of nitrogens with zero attached hydrogens (tertiary/aromatic N) is 4. The molecule has 0 amide bonds. The van der Waals surface area contributed by atoms with Crippen molar-refractivity contribution in [2.24, 2.45) is 11.3 Å². The molecule has 0 unspecified atom stereocenters. The third kappa shape index (κ3) is 5.75. The fourth-order valence-corrected chi connectivity index (χ4v) is 6.62. The third-order valence-electron chi connectivity index (χ3n) is 8.53. The monoisotopic (exact) mass is 404 g/mol. The summed E-state index contributed by atoms with van der Waals surface area (Å²) < 4.78 is 0. The molecule has 0 aromatic carbocycles. The van der Waals surface area contributed by atoms with Crippen LogP contribution in [0.1, 0.15) is 72.6 Å². The van der Waals surface area contributed by atoms with Gasteiger partial charge in [0.25, 0.3) is 0 Å². The highest BCUT2D eigenvalue weighted by Gasteiger charge is 2.44. The quantitative estimate of drug-likeness (QED) is 0.640. The zero-order valence-corrected chi connectivity index (χ0v) is 19.9. The first kappa shape index (κ1) is 22.0. The molecule has 1 saturated carbocycles. The van der Waals surface area contributed by atoms with Gasteiger partial charge in [-0.05, 0) is 96.3 Å². The maximum Gasteiger partial charge on any atom is 0.0121 e. The van der Waals surface area contributed by atoms with E-state index in [1.807, 2.05) is 0 Å². The van der Waals surface area contributed by atoms with Crippen molar-refractivity contribution in [1.29, 1.82) is 0 Å². The third-order valence-corrected chi connectivity index (χ3v) is 8.53. The van der Waals surface area contributed by atoms with Crippen molar-refractivity contribution >= 4 is 0 Å². The molecule has 1 aliphatic carbocycles. The van der Waals surface area contributed by atoms with Crippen LogP contribution in [0, 0.1) is 11.3 Å². The molecule has 3 saturated heterocycles. The van der Waals surface area contributed by atoms with Gasteiger partial charge in [-0.2, -0.15) is 0 Å². The molecule has 0 radical (unpaired) electrons. The predicted octanol–water partition coefficient (Wildman–Crippen LogP) is 3.77. The Balaban J connectivity index is 1.15. The van der Waals surface area contributed by atoms with E-state index in [-0.39, 0.29) is 0 Å². The van der Waals surface area contributed by atoms with Crippen LogP contribution in [0.5, 0.6) is 0 Å². The Morgan fingerprint density at radius 3 is 1.59 bits per heavy atom. The highest BCUT2D eigenvalue weighted by atomic mass is 15.3. The number of likely N-dealkylation sites (tertiary alicyclic amines) is 2. The molecule has 4 heteroatoms. The van der Waals surface area contributed by atoms with Crippen molar-refractivity contribution in [3.05, 3.63) is 0 Å². The first-order valence-electron chi connectivity index (χ1n) is 12.9. The summed E-state index contributed by atoms with van der Waals surface area (Å²) in [5.74, 6) is 0.865. The molecule has 4 fully saturated rings. The van der Waals surface area contributed by atoms with E-state index in [1.54, 1.807) is 0 Å². The molecule has 0 aromatic heterocycles. The van der Waals surface area contributed by atoms with Crippen LogP contribution < -0.4 is 0 Å². The Morgan fingerprint density at radius 2 is 1.17 bits per heavy atom. The van der Waals surface area contributed by atoms with Gasteiger partial charge in [-0.25, -0.2) is 0 Å². The molecule has 0 atom stereocenters. The minimum Gasteiger partial charge on any atom is -0.303 e. The van der Waals surface area contributed by atoms with Crippen LogP contribution in [0.4, 0.5) is 0 Å². The molecule has 3 heterocycles. The van der Waals surface area contributed by atoms with Crippen molar-refractivity contribution in [3.63, 3.8) is 0 Å². The Labute approximate surface area is 181 Å². The lowest BCUT2D eigenvalue weighted by Gasteiger charge is -2.46. The fraction of sp³-hybridized carbons (Fsp3) is 1.00. The fourth-order valence-electron chi connectivity index (χ4n) is 6.62. The number of piperidine rings is 2. The first-order valence-corrected chi connectivity index (χ1v) is 12.9. The van der Waals surface area contributed by atoms with E-state index in [9.17, 15) is 0 Å². The summed E-state index contributed by atoms with van der Waals surface area (Å²) in [5, 5.41) is 0. The second kappa shape index (κ2) is 9.54. The number of hydrogen-bond donors (Lipinski definition) is 0. The molecule has 3 aliphatic heterocycles. The number of hydrogen-bond acceptors (Lipinski definition) is 4. The van der Waals surface area contributed by atoms with E-state index in [4.69, 9.17) is 0 Å². The van der Waals surface area contributed by atoms with Crippen LogP contribution in [-0.2, 0) is 0 Å². The number of rotatable bonds is 7. The summed E-state index contributed by atoms with van der Waals surface area (Å²) in [4.78, 5) is 11.1. The first-order chi connectivity index (χ1) is 13.9. The molecular weight excluding hydrogens is 356 g/mol. The Bertz CT molecular complexity index is 491. The minimum atomic E-state index is 0.706. The van der Waals surface area contributed by atoms with Crippen LogP contribution in [0.25, 0.3) is 0 Å². The smallest absolute Gasteiger partial charge is 0.0121 e. The lowest BCUT2D eigenvalue weighted by molar-refractivity contribution is 0.0203. The van der Waals surface area contributed by atoms with Crippen molar-refractivity contribution in [1.82, 2.24) is 19.6 Å². The molecular formula is C25H48N4. The summed E-state index contributed by atoms with van der Waals surface area (Å²) in [7, 11) is 0. The van der Waals surface area contributed by atoms with E-state index >= 15 is 0 Å². The molecule has 168 valence electrons. The van der Waals surface area contributed by atoms with Gasteiger partial charge in [0.2, 0.25) is 0 Å². The summed E-state index contributed by atoms with van der Waals surface area (Å²) in [5.41, 5.74) is 0.706. The lowest BCUT2D eigenvalue weighted by Crippen LogP contribution is -2.57. The van der Waals surface area contributed by atoms with Gasteiger partial charge in [0, 0.05) is 50.8 Å². The van der Waals surface area contributed by atoms with Crippen molar-refractivity contribution in [2.45, 2.75) is 90.8 Å². The van der Waals surface area contributed by atoms with Crippen LogP contribution in [0.2, 0.25) is 0 Å². The Kier molecular flexibility index (Phi) is 7.26. The lowest BCUT2D eigenvalue weighted by atomic mass is 9.92. The standard InChI is InChI=1S/C25H48N4/c1-21(2)19-25(9-10-25)20-26-11-5-23(6-12-26)28-15-17-29(18-16-28)24-7-13-27(14-8-24)22(3)4/h21-24H,5-20H2,1-4H3. The molecule has 0 N–H and O–H groups in total. The van der Waals surface area contributed by atoms with E-state index < -0.39 is 0 Å².